The third-order valence-electron chi connectivity index (χ3n) is 6.00. The Labute approximate surface area is 169 Å². The number of thiophene rings is 1. The molecule has 6 nitrogen and oxygen atoms in total. The molecule has 0 unspecified atom stereocenters. The van der Waals surface area contributed by atoms with Crippen LogP contribution in [0.5, 0.6) is 0 Å². The van der Waals surface area contributed by atoms with Gasteiger partial charge in [0.05, 0.1) is 11.5 Å². The van der Waals surface area contributed by atoms with Crippen LogP contribution in [0, 0.1) is 23.2 Å². The average molecular weight is 404 g/mol. The molecule has 0 radical (unpaired) electrons. The van der Waals surface area contributed by atoms with Crippen LogP contribution in [0.2, 0.25) is 0 Å². The Morgan fingerprint density at radius 3 is 2.43 bits per heavy atom. The molecule has 0 aromatic carbocycles. The van der Waals surface area contributed by atoms with Gasteiger partial charge in [0.2, 0.25) is 5.91 Å². The van der Waals surface area contributed by atoms with Gasteiger partial charge in [-0.25, -0.2) is 0 Å². The number of carboxylic acids is 1. The van der Waals surface area contributed by atoms with Crippen molar-refractivity contribution in [2.75, 3.05) is 0 Å². The van der Waals surface area contributed by atoms with Crippen LogP contribution in [0.1, 0.15) is 60.8 Å². The Morgan fingerprint density at radius 1 is 1.11 bits per heavy atom. The topological polar surface area (TPSA) is 98.3 Å². The molecule has 1 aromatic rings. The van der Waals surface area contributed by atoms with E-state index in [9.17, 15) is 19.5 Å². The number of hydrazine groups is 1. The number of carbonyl (C=O) groups is 3. The van der Waals surface area contributed by atoms with Gasteiger partial charge in [-0.15, -0.1) is 11.3 Å². The van der Waals surface area contributed by atoms with Crippen molar-refractivity contribution in [3.63, 3.8) is 0 Å². The highest BCUT2D eigenvalue weighted by molar-refractivity contribution is 7.10. The second-order valence-corrected chi connectivity index (χ2v) is 9.74. The van der Waals surface area contributed by atoms with E-state index in [-0.39, 0.29) is 17.7 Å². The minimum Gasteiger partial charge on any atom is -0.550 e. The molecule has 0 fully saturated rings. The van der Waals surface area contributed by atoms with E-state index in [1.165, 1.54) is 4.88 Å². The summed E-state index contributed by atoms with van der Waals surface area (Å²) in [7, 11) is 0. The minimum atomic E-state index is -1.24. The maximum Gasteiger partial charge on any atom is 0.270 e. The lowest BCUT2D eigenvalue weighted by atomic mass is 9.72. The van der Waals surface area contributed by atoms with Crippen molar-refractivity contribution in [2.45, 2.75) is 52.9 Å². The van der Waals surface area contributed by atoms with Gasteiger partial charge in [0.15, 0.2) is 0 Å². The largest absolute Gasteiger partial charge is 0.550 e. The van der Waals surface area contributed by atoms with Crippen molar-refractivity contribution >= 4 is 29.1 Å². The van der Waals surface area contributed by atoms with Gasteiger partial charge in [0.25, 0.3) is 5.91 Å². The number of nitrogens with one attached hydrogen (secondary N) is 2. The van der Waals surface area contributed by atoms with Crippen molar-refractivity contribution in [1.29, 1.82) is 0 Å². The van der Waals surface area contributed by atoms with Gasteiger partial charge >= 0.3 is 0 Å². The monoisotopic (exact) mass is 403 g/mol. The molecule has 2 aliphatic carbocycles. The van der Waals surface area contributed by atoms with E-state index in [1.54, 1.807) is 23.5 Å². The maximum absolute atomic E-state index is 12.6. The maximum atomic E-state index is 12.6. The van der Waals surface area contributed by atoms with Crippen LogP contribution in [-0.2, 0) is 22.4 Å². The highest BCUT2D eigenvalue weighted by Gasteiger charge is 2.33. The molecule has 1 heterocycles. The predicted octanol–water partition coefficient (Wildman–Crippen LogP) is 1.99. The molecule has 3 atom stereocenters. The third-order valence-corrected chi connectivity index (χ3v) is 7.05. The Balaban J connectivity index is 1.62. The number of carboxylic acid groups (broad SMARTS) is 1. The van der Waals surface area contributed by atoms with E-state index in [4.69, 9.17) is 0 Å². The number of rotatable bonds is 3. The van der Waals surface area contributed by atoms with E-state index < -0.39 is 23.7 Å². The summed E-state index contributed by atoms with van der Waals surface area (Å²) in [5, 5.41) is 13.1. The van der Waals surface area contributed by atoms with Gasteiger partial charge in [0.1, 0.15) is 0 Å². The summed E-state index contributed by atoms with van der Waals surface area (Å²) in [4.78, 5) is 37.5. The quantitative estimate of drug-likeness (QED) is 0.596. The number of hydrogen-bond acceptors (Lipinski definition) is 5. The Bertz CT molecular complexity index is 806. The van der Waals surface area contributed by atoms with Gasteiger partial charge in [-0.05, 0) is 49.0 Å². The van der Waals surface area contributed by atoms with Crippen LogP contribution in [0.4, 0.5) is 0 Å². The van der Waals surface area contributed by atoms with Crippen LogP contribution in [0.15, 0.2) is 17.5 Å². The number of amides is 2. The van der Waals surface area contributed by atoms with E-state index in [0.717, 1.165) is 24.8 Å². The van der Waals surface area contributed by atoms with Gasteiger partial charge in [-0.2, -0.15) is 0 Å². The van der Waals surface area contributed by atoms with Crippen molar-refractivity contribution in [1.82, 2.24) is 10.9 Å². The number of aliphatic carboxylic acids is 1. The highest BCUT2D eigenvalue weighted by atomic mass is 32.1. The predicted molar refractivity (Wildman–Crippen MR) is 105 cm³/mol. The summed E-state index contributed by atoms with van der Waals surface area (Å²) >= 11 is 1.60. The minimum absolute atomic E-state index is 0.238. The van der Waals surface area contributed by atoms with Crippen molar-refractivity contribution in [2.24, 2.45) is 23.2 Å². The lowest BCUT2D eigenvalue weighted by molar-refractivity contribution is -0.313. The lowest BCUT2D eigenvalue weighted by Gasteiger charge is -2.34. The van der Waals surface area contributed by atoms with Crippen molar-refractivity contribution in [3.8, 4) is 0 Å². The molecule has 7 heteroatoms. The van der Waals surface area contributed by atoms with Crippen LogP contribution >= 0.6 is 11.3 Å². The molecule has 0 saturated carbocycles. The first-order valence-electron chi connectivity index (χ1n) is 9.73. The SMILES string of the molecule is CC(C)(C)[C@@H]1CCc2c(C(=O)NNC(=O)[C@@H]3CC=CC[C@@H]3C(=O)[O-])csc2C1. The van der Waals surface area contributed by atoms with E-state index in [2.05, 4.69) is 31.6 Å². The van der Waals surface area contributed by atoms with Gasteiger partial charge in [-0.1, -0.05) is 32.9 Å². The molecule has 0 spiro atoms. The standard InChI is InChI=1S/C21H28N2O4S/c1-21(2,3)12-8-9-13-16(11-28-17(13)10-12)19(25)23-22-18(24)14-6-4-5-7-15(14)20(26)27/h4-5,11-12,14-15H,6-10H2,1-3H3,(H,22,24)(H,23,25)(H,26,27)/p-1/t12-,14-,15+/m1/s1. The van der Waals surface area contributed by atoms with E-state index in [1.807, 2.05) is 5.38 Å². The Kier molecular flexibility index (Phi) is 5.93. The Morgan fingerprint density at radius 2 is 1.79 bits per heavy atom. The van der Waals surface area contributed by atoms with Crippen molar-refractivity contribution in [3.05, 3.63) is 33.5 Å². The molecular formula is C21H27N2O4S-. The molecule has 2 amide bonds. The zero-order chi connectivity index (χ0) is 20.5. The molecule has 0 aliphatic heterocycles. The second-order valence-electron chi connectivity index (χ2n) is 8.78. The molecule has 3 rings (SSSR count). The lowest BCUT2D eigenvalue weighted by Crippen LogP contribution is -2.49. The Hall–Kier alpha value is -2.15. The van der Waals surface area contributed by atoms with Gasteiger partial charge in [0, 0.05) is 22.1 Å². The first kappa shape index (κ1) is 20.6. The van der Waals surface area contributed by atoms with Gasteiger partial charge in [-0.3, -0.25) is 20.4 Å². The zero-order valence-electron chi connectivity index (χ0n) is 16.5. The summed E-state index contributed by atoms with van der Waals surface area (Å²) < 4.78 is 0. The molecule has 0 bridgehead atoms. The zero-order valence-corrected chi connectivity index (χ0v) is 17.4. The first-order chi connectivity index (χ1) is 13.2. The second kappa shape index (κ2) is 8.07. The van der Waals surface area contributed by atoms with E-state index >= 15 is 0 Å². The van der Waals surface area contributed by atoms with Crippen LogP contribution in [0.3, 0.4) is 0 Å². The fourth-order valence-electron chi connectivity index (χ4n) is 4.08. The number of carbonyl (C=O) groups excluding carboxylic acids is 3. The summed E-state index contributed by atoms with van der Waals surface area (Å²) in [5.74, 6) is -3.10. The van der Waals surface area contributed by atoms with Crippen LogP contribution < -0.4 is 16.0 Å². The molecular weight excluding hydrogens is 376 g/mol. The summed E-state index contributed by atoms with van der Waals surface area (Å²) in [5.41, 5.74) is 6.79. The fraction of sp³-hybridized carbons (Fsp3) is 0.571. The highest BCUT2D eigenvalue weighted by Crippen LogP contribution is 2.40. The van der Waals surface area contributed by atoms with Gasteiger partial charge < -0.3 is 9.90 Å². The third kappa shape index (κ3) is 4.29. The molecule has 152 valence electrons. The average Bonchev–Trinajstić information content (AvgIpc) is 3.08. The first-order valence-corrected chi connectivity index (χ1v) is 10.6. The van der Waals surface area contributed by atoms with E-state index in [0.29, 0.717) is 17.9 Å². The van der Waals surface area contributed by atoms with Crippen LogP contribution in [-0.4, -0.2) is 17.8 Å². The normalized spacial score (nSPS) is 24.3. The molecule has 2 aliphatic rings. The number of allylic oxidation sites excluding steroid dienone is 2. The number of hydrogen-bond donors (Lipinski definition) is 2. The van der Waals surface area contributed by atoms with Crippen LogP contribution in [0.25, 0.3) is 0 Å². The van der Waals surface area contributed by atoms with Crippen molar-refractivity contribution < 1.29 is 19.5 Å². The number of fused-ring (bicyclic) bond motifs is 1. The smallest absolute Gasteiger partial charge is 0.270 e. The molecule has 0 saturated heterocycles. The molecule has 28 heavy (non-hydrogen) atoms. The summed E-state index contributed by atoms with van der Waals surface area (Å²) in [6.45, 7) is 6.75. The summed E-state index contributed by atoms with van der Waals surface area (Å²) in [6, 6.07) is 0. The molecule has 1 aromatic heterocycles. The fourth-order valence-corrected chi connectivity index (χ4v) is 5.25. The molecule has 2 N–H and O–H groups in total. The summed E-state index contributed by atoms with van der Waals surface area (Å²) in [6.07, 6.45) is 6.99.